The quantitative estimate of drug-likeness (QED) is 0.825. The number of nitrogens with zero attached hydrogens (tertiary/aromatic N) is 1. The molecule has 22 heavy (non-hydrogen) atoms. The average molecular weight is 309 g/mol. The van der Waals surface area contributed by atoms with Gasteiger partial charge in [0.1, 0.15) is 0 Å². The number of nitrogens with one attached hydrogen (secondary N) is 1. The molecule has 0 saturated carbocycles. The molecule has 0 radical (unpaired) electrons. The molecule has 0 amide bonds. The largest absolute Gasteiger partial charge is 0.481 e. The standard InChI is InChI=1S/C16H21F2N3O/c1-10(20-8-11(19)7-15(17)18)14-9-21-16(22-2)13-6-4-3-5-12(13)14/h3-6,9-11,15,20H,7-8,19H2,1-2H3. The molecule has 2 unspecified atom stereocenters. The van der Waals surface area contributed by atoms with Gasteiger partial charge in [-0.2, -0.15) is 0 Å². The number of alkyl halides is 2. The van der Waals surface area contributed by atoms with Crippen LogP contribution in [-0.2, 0) is 0 Å². The van der Waals surface area contributed by atoms with Gasteiger partial charge in [0.05, 0.1) is 7.11 Å². The molecule has 1 aromatic heterocycles. The van der Waals surface area contributed by atoms with E-state index in [0.717, 1.165) is 16.3 Å². The Kier molecular flexibility index (Phi) is 5.63. The SMILES string of the molecule is COc1ncc(C(C)NCC(N)CC(F)F)c2ccccc12. The monoisotopic (exact) mass is 309 g/mol. The minimum absolute atomic E-state index is 0.0490. The third-order valence-corrected chi connectivity index (χ3v) is 3.62. The van der Waals surface area contributed by atoms with Crippen LogP contribution in [0.4, 0.5) is 8.78 Å². The highest BCUT2D eigenvalue weighted by Crippen LogP contribution is 2.29. The van der Waals surface area contributed by atoms with Gasteiger partial charge in [0.25, 0.3) is 0 Å². The fourth-order valence-electron chi connectivity index (χ4n) is 2.45. The van der Waals surface area contributed by atoms with Crippen molar-refractivity contribution in [2.24, 2.45) is 5.73 Å². The fourth-order valence-corrected chi connectivity index (χ4v) is 2.45. The van der Waals surface area contributed by atoms with Gasteiger partial charge >= 0.3 is 0 Å². The summed E-state index contributed by atoms with van der Waals surface area (Å²) in [6, 6.07) is 7.19. The second-order valence-electron chi connectivity index (χ2n) is 5.29. The van der Waals surface area contributed by atoms with Crippen LogP contribution in [0.15, 0.2) is 30.5 Å². The summed E-state index contributed by atoms with van der Waals surface area (Å²) >= 11 is 0. The van der Waals surface area contributed by atoms with Crippen molar-refractivity contribution in [2.75, 3.05) is 13.7 Å². The third kappa shape index (κ3) is 3.90. The zero-order chi connectivity index (χ0) is 16.1. The van der Waals surface area contributed by atoms with E-state index in [1.807, 2.05) is 31.2 Å². The number of benzene rings is 1. The summed E-state index contributed by atoms with van der Waals surface area (Å²) in [5.41, 5.74) is 6.67. The first-order valence-electron chi connectivity index (χ1n) is 7.21. The van der Waals surface area contributed by atoms with Crippen molar-refractivity contribution in [2.45, 2.75) is 31.9 Å². The molecule has 0 saturated heterocycles. The van der Waals surface area contributed by atoms with Crippen molar-refractivity contribution >= 4 is 10.8 Å². The lowest BCUT2D eigenvalue weighted by atomic mass is 10.0. The van der Waals surface area contributed by atoms with E-state index in [-0.39, 0.29) is 12.5 Å². The molecule has 6 heteroatoms. The molecule has 2 atom stereocenters. The van der Waals surface area contributed by atoms with Crippen molar-refractivity contribution < 1.29 is 13.5 Å². The summed E-state index contributed by atoms with van der Waals surface area (Å²) in [4.78, 5) is 4.31. The lowest BCUT2D eigenvalue weighted by molar-refractivity contribution is 0.127. The van der Waals surface area contributed by atoms with Gasteiger partial charge in [-0.1, -0.05) is 18.2 Å². The smallest absolute Gasteiger partial charge is 0.240 e. The molecule has 120 valence electrons. The zero-order valence-electron chi connectivity index (χ0n) is 12.7. The Balaban J connectivity index is 2.16. The summed E-state index contributed by atoms with van der Waals surface area (Å²) in [7, 11) is 1.58. The maximum atomic E-state index is 12.3. The molecule has 2 rings (SSSR count). The van der Waals surface area contributed by atoms with Gasteiger partial charge < -0.3 is 15.8 Å². The van der Waals surface area contributed by atoms with Crippen LogP contribution < -0.4 is 15.8 Å². The van der Waals surface area contributed by atoms with Crippen LogP contribution in [0, 0.1) is 0 Å². The minimum Gasteiger partial charge on any atom is -0.481 e. The highest BCUT2D eigenvalue weighted by molar-refractivity contribution is 5.89. The van der Waals surface area contributed by atoms with E-state index >= 15 is 0 Å². The number of hydrogen-bond donors (Lipinski definition) is 2. The minimum atomic E-state index is -2.38. The molecule has 0 aliphatic rings. The highest BCUT2D eigenvalue weighted by atomic mass is 19.3. The molecule has 0 bridgehead atoms. The summed E-state index contributed by atoms with van der Waals surface area (Å²) in [5.74, 6) is 0.570. The topological polar surface area (TPSA) is 60.2 Å². The van der Waals surface area contributed by atoms with Crippen molar-refractivity contribution in [1.29, 1.82) is 0 Å². The molecule has 0 spiro atoms. The normalized spacial score (nSPS) is 14.3. The summed E-state index contributed by atoms with van der Waals surface area (Å²) < 4.78 is 29.9. The molecule has 0 aliphatic carbocycles. The number of halogens is 2. The molecular formula is C16H21F2N3O. The number of pyridine rings is 1. The maximum absolute atomic E-state index is 12.3. The first kappa shape index (κ1) is 16.6. The van der Waals surface area contributed by atoms with E-state index in [2.05, 4.69) is 10.3 Å². The van der Waals surface area contributed by atoms with E-state index in [1.54, 1.807) is 13.3 Å². The molecule has 2 aromatic rings. The number of ether oxygens (including phenoxy) is 1. The third-order valence-electron chi connectivity index (χ3n) is 3.62. The van der Waals surface area contributed by atoms with E-state index in [0.29, 0.717) is 12.4 Å². The molecule has 0 fully saturated rings. The predicted octanol–water partition coefficient (Wildman–Crippen LogP) is 2.88. The number of fused-ring (bicyclic) bond motifs is 1. The number of nitrogens with two attached hydrogens (primary N) is 1. The number of rotatable bonds is 7. The Morgan fingerprint density at radius 3 is 2.59 bits per heavy atom. The Morgan fingerprint density at radius 2 is 1.95 bits per heavy atom. The molecular weight excluding hydrogens is 288 g/mol. The predicted molar refractivity (Wildman–Crippen MR) is 83.3 cm³/mol. The second kappa shape index (κ2) is 7.47. The Morgan fingerprint density at radius 1 is 1.27 bits per heavy atom. The van der Waals surface area contributed by atoms with Gasteiger partial charge in [-0.3, -0.25) is 0 Å². The lowest BCUT2D eigenvalue weighted by Crippen LogP contribution is -2.36. The molecule has 1 aromatic carbocycles. The Bertz CT molecular complexity index is 621. The summed E-state index contributed by atoms with van der Waals surface area (Å²) in [6.07, 6.45) is -0.936. The van der Waals surface area contributed by atoms with Gasteiger partial charge in [0.2, 0.25) is 12.3 Å². The van der Waals surface area contributed by atoms with Crippen LogP contribution in [0.1, 0.15) is 24.9 Å². The Labute approximate surface area is 128 Å². The molecule has 3 N–H and O–H groups in total. The van der Waals surface area contributed by atoms with Gasteiger partial charge in [0, 0.05) is 36.6 Å². The van der Waals surface area contributed by atoms with Gasteiger partial charge in [-0.05, 0) is 23.9 Å². The van der Waals surface area contributed by atoms with Crippen LogP contribution in [-0.4, -0.2) is 31.1 Å². The van der Waals surface area contributed by atoms with Crippen LogP contribution >= 0.6 is 0 Å². The van der Waals surface area contributed by atoms with E-state index < -0.39 is 12.5 Å². The highest BCUT2D eigenvalue weighted by Gasteiger charge is 2.15. The molecule has 1 heterocycles. The van der Waals surface area contributed by atoms with Crippen molar-refractivity contribution in [3.8, 4) is 5.88 Å². The summed E-state index contributed by atoms with van der Waals surface area (Å²) in [5, 5.41) is 5.14. The van der Waals surface area contributed by atoms with Crippen LogP contribution in [0.5, 0.6) is 5.88 Å². The number of aromatic nitrogens is 1. The van der Waals surface area contributed by atoms with Crippen LogP contribution in [0.25, 0.3) is 10.8 Å². The Hall–Kier alpha value is -1.79. The number of methoxy groups -OCH3 is 1. The van der Waals surface area contributed by atoms with Gasteiger partial charge in [-0.25, -0.2) is 13.8 Å². The van der Waals surface area contributed by atoms with E-state index in [9.17, 15) is 8.78 Å². The maximum Gasteiger partial charge on any atom is 0.240 e. The molecule has 0 aliphatic heterocycles. The fraction of sp³-hybridized carbons (Fsp3) is 0.438. The van der Waals surface area contributed by atoms with Crippen LogP contribution in [0.2, 0.25) is 0 Å². The average Bonchev–Trinajstić information content (AvgIpc) is 2.51. The number of hydrogen-bond acceptors (Lipinski definition) is 4. The van der Waals surface area contributed by atoms with E-state index in [4.69, 9.17) is 10.5 Å². The summed E-state index contributed by atoms with van der Waals surface area (Å²) in [6.45, 7) is 2.29. The van der Waals surface area contributed by atoms with Crippen molar-refractivity contribution in [1.82, 2.24) is 10.3 Å². The van der Waals surface area contributed by atoms with Gasteiger partial charge in [-0.15, -0.1) is 0 Å². The first-order chi connectivity index (χ1) is 10.5. The van der Waals surface area contributed by atoms with Crippen molar-refractivity contribution in [3.63, 3.8) is 0 Å². The second-order valence-corrected chi connectivity index (χ2v) is 5.29. The first-order valence-corrected chi connectivity index (χ1v) is 7.21. The van der Waals surface area contributed by atoms with E-state index in [1.165, 1.54) is 0 Å². The van der Waals surface area contributed by atoms with Crippen LogP contribution in [0.3, 0.4) is 0 Å². The van der Waals surface area contributed by atoms with Crippen molar-refractivity contribution in [3.05, 3.63) is 36.0 Å². The zero-order valence-corrected chi connectivity index (χ0v) is 12.7. The van der Waals surface area contributed by atoms with Gasteiger partial charge in [0.15, 0.2) is 0 Å². The molecule has 4 nitrogen and oxygen atoms in total. The lowest BCUT2D eigenvalue weighted by Gasteiger charge is -2.19.